The molecule has 1 aliphatic rings. The van der Waals surface area contributed by atoms with Crippen molar-refractivity contribution >= 4 is 28.8 Å². The molecule has 1 aliphatic heterocycles. The molecule has 1 aromatic heterocycles. The molecule has 2 aromatic rings. The molecule has 0 saturated heterocycles. The van der Waals surface area contributed by atoms with Gasteiger partial charge in [-0.25, -0.2) is 0 Å². The fraction of sp³-hybridized carbons (Fsp3) is 0.294. The summed E-state index contributed by atoms with van der Waals surface area (Å²) in [4.78, 5) is 25.3. The second-order valence-electron chi connectivity index (χ2n) is 5.48. The van der Waals surface area contributed by atoms with Gasteiger partial charge in [0.2, 0.25) is 5.91 Å². The van der Waals surface area contributed by atoms with Crippen molar-refractivity contribution < 1.29 is 14.3 Å². The van der Waals surface area contributed by atoms with E-state index in [-0.39, 0.29) is 18.2 Å². The first kappa shape index (κ1) is 15.6. The fourth-order valence-corrected chi connectivity index (χ4v) is 3.13. The molecule has 1 unspecified atom stereocenters. The summed E-state index contributed by atoms with van der Waals surface area (Å²) in [6.07, 6.45) is 0.0271. The molecule has 1 aromatic carbocycles. The number of anilines is 1. The number of benzene rings is 1. The lowest BCUT2D eigenvalue weighted by atomic mass is 10.1. The van der Waals surface area contributed by atoms with Gasteiger partial charge in [0.15, 0.2) is 6.10 Å². The summed E-state index contributed by atoms with van der Waals surface area (Å²) in [6, 6.07) is 9.60. The van der Waals surface area contributed by atoms with Gasteiger partial charge in [0.1, 0.15) is 5.75 Å². The normalized spacial score (nSPS) is 16.2. The molecular formula is C17H18N2O3S. The highest BCUT2D eigenvalue weighted by Crippen LogP contribution is 2.30. The number of thiophene rings is 1. The van der Waals surface area contributed by atoms with Crippen molar-refractivity contribution in [3.05, 3.63) is 46.2 Å². The Morgan fingerprint density at radius 3 is 3.04 bits per heavy atom. The summed E-state index contributed by atoms with van der Waals surface area (Å²) in [5, 5.41) is 7.63. The van der Waals surface area contributed by atoms with Crippen LogP contribution in [-0.4, -0.2) is 24.5 Å². The van der Waals surface area contributed by atoms with Gasteiger partial charge in [0.25, 0.3) is 5.91 Å². The molecule has 0 fully saturated rings. The lowest BCUT2D eigenvalue weighted by Crippen LogP contribution is -2.41. The number of fused-ring (bicyclic) bond motifs is 1. The first-order valence-corrected chi connectivity index (χ1v) is 8.37. The molecule has 0 saturated carbocycles. The van der Waals surface area contributed by atoms with Crippen molar-refractivity contribution in [1.82, 2.24) is 5.32 Å². The summed E-state index contributed by atoms with van der Waals surface area (Å²) >= 11 is 1.66. The number of carbonyl (C=O) groups excluding carboxylic acids is 2. The summed E-state index contributed by atoms with van der Waals surface area (Å²) in [7, 11) is 0. The largest absolute Gasteiger partial charge is 0.478 e. The zero-order chi connectivity index (χ0) is 16.2. The SMILES string of the molecule is Cc1ccc2c(c1)NC(=O)C(CC(=O)NCCc1cccs1)O2. The maximum Gasteiger partial charge on any atom is 0.266 e. The molecule has 2 heterocycles. The third-order valence-electron chi connectivity index (χ3n) is 3.60. The van der Waals surface area contributed by atoms with Crippen LogP contribution in [0.5, 0.6) is 5.75 Å². The maximum absolute atomic E-state index is 12.0. The Morgan fingerprint density at radius 1 is 1.39 bits per heavy atom. The second kappa shape index (κ2) is 6.83. The molecule has 0 spiro atoms. The molecule has 120 valence electrons. The van der Waals surface area contributed by atoms with Crippen molar-refractivity contribution in [2.24, 2.45) is 0 Å². The topological polar surface area (TPSA) is 67.4 Å². The van der Waals surface area contributed by atoms with E-state index in [0.717, 1.165) is 12.0 Å². The third kappa shape index (κ3) is 3.90. The van der Waals surface area contributed by atoms with Crippen LogP contribution >= 0.6 is 11.3 Å². The number of aryl methyl sites for hydroxylation is 1. The summed E-state index contributed by atoms with van der Waals surface area (Å²) in [5.74, 6) is 0.139. The number of rotatable bonds is 5. The van der Waals surface area contributed by atoms with Crippen LogP contribution in [-0.2, 0) is 16.0 Å². The molecule has 2 amide bonds. The van der Waals surface area contributed by atoms with Gasteiger partial charge in [-0.3, -0.25) is 9.59 Å². The summed E-state index contributed by atoms with van der Waals surface area (Å²) < 4.78 is 5.65. The Kier molecular flexibility index (Phi) is 4.62. The summed E-state index contributed by atoms with van der Waals surface area (Å²) in [6.45, 7) is 2.50. The fourth-order valence-electron chi connectivity index (χ4n) is 2.42. The highest BCUT2D eigenvalue weighted by atomic mass is 32.1. The van der Waals surface area contributed by atoms with Crippen LogP contribution in [0.3, 0.4) is 0 Å². The number of carbonyl (C=O) groups is 2. The predicted molar refractivity (Wildman–Crippen MR) is 89.9 cm³/mol. The average Bonchev–Trinajstić information content (AvgIpc) is 3.01. The van der Waals surface area contributed by atoms with E-state index in [1.807, 2.05) is 42.6 Å². The number of hydrogen-bond donors (Lipinski definition) is 2. The van der Waals surface area contributed by atoms with E-state index in [0.29, 0.717) is 18.0 Å². The highest BCUT2D eigenvalue weighted by Gasteiger charge is 2.29. The molecular weight excluding hydrogens is 312 g/mol. The van der Waals surface area contributed by atoms with Crippen LogP contribution < -0.4 is 15.4 Å². The van der Waals surface area contributed by atoms with Gasteiger partial charge in [-0.2, -0.15) is 0 Å². The molecule has 0 radical (unpaired) electrons. The Morgan fingerprint density at radius 2 is 2.26 bits per heavy atom. The first-order valence-electron chi connectivity index (χ1n) is 7.49. The van der Waals surface area contributed by atoms with E-state index in [9.17, 15) is 9.59 Å². The van der Waals surface area contributed by atoms with Crippen molar-refractivity contribution in [3.63, 3.8) is 0 Å². The van der Waals surface area contributed by atoms with Gasteiger partial charge in [-0.1, -0.05) is 12.1 Å². The Balaban J connectivity index is 1.52. The van der Waals surface area contributed by atoms with E-state index < -0.39 is 6.10 Å². The predicted octanol–water partition coefficient (Wildman–Crippen LogP) is 2.51. The molecule has 6 heteroatoms. The van der Waals surface area contributed by atoms with Crippen LogP contribution in [0.15, 0.2) is 35.7 Å². The van der Waals surface area contributed by atoms with Gasteiger partial charge in [0, 0.05) is 11.4 Å². The van der Waals surface area contributed by atoms with Gasteiger partial charge < -0.3 is 15.4 Å². The molecule has 3 rings (SSSR count). The van der Waals surface area contributed by atoms with Crippen molar-refractivity contribution in [3.8, 4) is 5.75 Å². The van der Waals surface area contributed by atoms with Crippen molar-refractivity contribution in [1.29, 1.82) is 0 Å². The quantitative estimate of drug-likeness (QED) is 0.885. The van der Waals surface area contributed by atoms with Crippen LogP contribution in [0.25, 0.3) is 0 Å². The van der Waals surface area contributed by atoms with E-state index in [1.165, 1.54) is 4.88 Å². The molecule has 2 N–H and O–H groups in total. The van der Waals surface area contributed by atoms with Gasteiger partial charge in [-0.05, 0) is 42.5 Å². The van der Waals surface area contributed by atoms with E-state index in [4.69, 9.17) is 4.74 Å². The van der Waals surface area contributed by atoms with E-state index >= 15 is 0 Å². The third-order valence-corrected chi connectivity index (χ3v) is 4.54. The van der Waals surface area contributed by atoms with Gasteiger partial charge in [0.05, 0.1) is 12.1 Å². The molecule has 23 heavy (non-hydrogen) atoms. The van der Waals surface area contributed by atoms with Crippen molar-refractivity contribution in [2.75, 3.05) is 11.9 Å². The Hall–Kier alpha value is -2.34. The number of nitrogens with one attached hydrogen (secondary N) is 2. The second-order valence-corrected chi connectivity index (χ2v) is 6.51. The number of amides is 2. The first-order chi connectivity index (χ1) is 11.1. The minimum Gasteiger partial charge on any atom is -0.478 e. The number of hydrogen-bond acceptors (Lipinski definition) is 4. The Bertz CT molecular complexity index is 713. The van der Waals surface area contributed by atoms with E-state index in [2.05, 4.69) is 10.6 Å². The average molecular weight is 330 g/mol. The minimum atomic E-state index is -0.785. The van der Waals surface area contributed by atoms with Crippen molar-refractivity contribution in [2.45, 2.75) is 25.9 Å². The molecule has 0 aliphatic carbocycles. The smallest absolute Gasteiger partial charge is 0.266 e. The van der Waals surface area contributed by atoms with Crippen LogP contribution in [0.2, 0.25) is 0 Å². The molecule has 0 bridgehead atoms. The van der Waals surface area contributed by atoms with Gasteiger partial charge >= 0.3 is 0 Å². The molecule has 1 atom stereocenters. The van der Waals surface area contributed by atoms with Crippen LogP contribution in [0.1, 0.15) is 16.9 Å². The summed E-state index contributed by atoms with van der Waals surface area (Å²) in [5.41, 5.74) is 1.70. The monoisotopic (exact) mass is 330 g/mol. The maximum atomic E-state index is 12.0. The highest BCUT2D eigenvalue weighted by molar-refractivity contribution is 7.09. The minimum absolute atomic E-state index is 0.0175. The lowest BCUT2D eigenvalue weighted by Gasteiger charge is -2.25. The van der Waals surface area contributed by atoms with E-state index in [1.54, 1.807) is 11.3 Å². The van der Waals surface area contributed by atoms with Crippen LogP contribution in [0.4, 0.5) is 5.69 Å². The molecule has 5 nitrogen and oxygen atoms in total. The zero-order valence-corrected chi connectivity index (χ0v) is 13.6. The zero-order valence-electron chi connectivity index (χ0n) is 12.8. The standard InChI is InChI=1S/C17H18N2O3S/c1-11-4-5-14-13(9-11)19-17(21)15(22-14)10-16(20)18-7-6-12-3-2-8-23-12/h2-5,8-9,15H,6-7,10H2,1H3,(H,18,20)(H,19,21). The van der Waals surface area contributed by atoms with Crippen LogP contribution in [0, 0.1) is 6.92 Å². The number of ether oxygens (including phenoxy) is 1. The lowest BCUT2D eigenvalue weighted by molar-refractivity contribution is -0.130. The van der Waals surface area contributed by atoms with Gasteiger partial charge in [-0.15, -0.1) is 11.3 Å². The Labute approximate surface area is 138 Å².